The summed E-state index contributed by atoms with van der Waals surface area (Å²) in [5.41, 5.74) is 0.769. The van der Waals surface area contributed by atoms with Crippen LogP contribution in [-0.2, 0) is 17.1 Å². The molecule has 3 rings (SSSR count). The molecule has 11 heteroatoms. The van der Waals surface area contributed by atoms with Crippen molar-refractivity contribution in [3.63, 3.8) is 0 Å². The Morgan fingerprint density at radius 2 is 1.88 bits per heavy atom. The van der Waals surface area contributed by atoms with Crippen LogP contribution in [0.4, 0.5) is 11.4 Å². The lowest BCUT2D eigenvalue weighted by Gasteiger charge is -2.09. The third kappa shape index (κ3) is 3.45. The molecule has 0 unspecified atom stereocenters. The highest BCUT2D eigenvalue weighted by molar-refractivity contribution is 7.92. The Balaban J connectivity index is 1.88. The Bertz CT molecular complexity index is 1030. The van der Waals surface area contributed by atoms with Gasteiger partial charge in [-0.2, -0.15) is 0 Å². The standard InChI is InChI=1S/C14H12N6O4S/c1-19-14(15-17-18-19)10-3-2-4-11(9-10)16-25(23,24)13-7-5-12(6-8-13)20(21)22/h2-9,16H,1H3. The first-order chi connectivity index (χ1) is 11.9. The van der Waals surface area contributed by atoms with Crippen LogP contribution in [0, 0.1) is 10.1 Å². The maximum absolute atomic E-state index is 12.4. The van der Waals surface area contributed by atoms with Gasteiger partial charge in [-0.05, 0) is 34.7 Å². The molecule has 128 valence electrons. The van der Waals surface area contributed by atoms with Crippen molar-refractivity contribution in [3.8, 4) is 11.4 Å². The van der Waals surface area contributed by atoms with Crippen molar-refractivity contribution >= 4 is 21.4 Å². The maximum Gasteiger partial charge on any atom is 0.269 e. The van der Waals surface area contributed by atoms with Crippen molar-refractivity contribution in [2.45, 2.75) is 4.90 Å². The molecular formula is C14H12N6O4S. The number of rotatable bonds is 5. The van der Waals surface area contributed by atoms with E-state index in [1.807, 2.05) is 0 Å². The number of aromatic nitrogens is 4. The number of nitro benzene ring substituents is 1. The number of nitro groups is 1. The summed E-state index contributed by atoms with van der Waals surface area (Å²) in [4.78, 5) is 9.98. The average Bonchev–Trinajstić information content (AvgIpc) is 3.01. The second-order valence-corrected chi connectivity index (χ2v) is 6.75. The number of aryl methyl sites for hydroxylation is 1. The second kappa shape index (κ2) is 6.28. The van der Waals surface area contributed by atoms with Crippen LogP contribution in [0.15, 0.2) is 53.4 Å². The molecule has 1 heterocycles. The number of tetrazole rings is 1. The summed E-state index contributed by atoms with van der Waals surface area (Å²) < 4.78 is 28.7. The van der Waals surface area contributed by atoms with Crippen LogP contribution in [0.3, 0.4) is 0 Å². The van der Waals surface area contributed by atoms with Crippen molar-refractivity contribution < 1.29 is 13.3 Å². The zero-order valence-electron chi connectivity index (χ0n) is 12.9. The Labute approximate surface area is 142 Å². The lowest BCUT2D eigenvalue weighted by Crippen LogP contribution is -2.13. The Kier molecular flexibility index (Phi) is 4.15. The lowest BCUT2D eigenvalue weighted by molar-refractivity contribution is -0.384. The summed E-state index contributed by atoms with van der Waals surface area (Å²) >= 11 is 0. The van der Waals surface area contributed by atoms with Crippen LogP contribution in [0.1, 0.15) is 0 Å². The normalized spacial score (nSPS) is 11.2. The average molecular weight is 360 g/mol. The molecule has 0 spiro atoms. The summed E-state index contributed by atoms with van der Waals surface area (Å²) in [7, 11) is -2.21. The van der Waals surface area contributed by atoms with E-state index in [0.717, 1.165) is 12.1 Å². The van der Waals surface area contributed by atoms with Gasteiger partial charge in [-0.25, -0.2) is 13.1 Å². The molecule has 0 radical (unpaired) electrons. The number of non-ortho nitro benzene ring substituents is 1. The molecule has 1 N–H and O–H groups in total. The summed E-state index contributed by atoms with van der Waals surface area (Å²) in [5.74, 6) is 0.483. The quantitative estimate of drug-likeness (QED) is 0.539. The van der Waals surface area contributed by atoms with E-state index in [9.17, 15) is 18.5 Å². The first-order valence-electron chi connectivity index (χ1n) is 6.97. The van der Waals surface area contributed by atoms with E-state index in [0.29, 0.717) is 17.1 Å². The van der Waals surface area contributed by atoms with E-state index < -0.39 is 14.9 Å². The second-order valence-electron chi connectivity index (χ2n) is 5.06. The van der Waals surface area contributed by atoms with Gasteiger partial charge >= 0.3 is 0 Å². The summed E-state index contributed by atoms with van der Waals surface area (Å²) in [6.45, 7) is 0. The zero-order chi connectivity index (χ0) is 18.0. The minimum absolute atomic E-state index is 0.0798. The molecule has 0 aliphatic heterocycles. The van der Waals surface area contributed by atoms with Gasteiger partial charge in [-0.3, -0.25) is 14.8 Å². The van der Waals surface area contributed by atoms with Crippen LogP contribution in [-0.4, -0.2) is 33.5 Å². The number of hydrogen-bond donors (Lipinski definition) is 1. The van der Waals surface area contributed by atoms with Crippen LogP contribution in [0.25, 0.3) is 11.4 Å². The third-order valence-electron chi connectivity index (χ3n) is 3.35. The predicted octanol–water partition coefficient (Wildman–Crippen LogP) is 1.59. The number of hydrogen-bond acceptors (Lipinski definition) is 7. The molecule has 0 atom stereocenters. The fourth-order valence-corrected chi connectivity index (χ4v) is 3.21. The van der Waals surface area contributed by atoms with Crippen molar-refractivity contribution in [3.05, 3.63) is 58.6 Å². The van der Waals surface area contributed by atoms with Gasteiger partial charge in [0.2, 0.25) is 0 Å². The molecule has 10 nitrogen and oxygen atoms in total. The van der Waals surface area contributed by atoms with E-state index in [4.69, 9.17) is 0 Å². The number of benzene rings is 2. The van der Waals surface area contributed by atoms with Gasteiger partial charge in [0, 0.05) is 30.4 Å². The number of anilines is 1. The number of nitrogens with zero attached hydrogens (tertiary/aromatic N) is 5. The van der Waals surface area contributed by atoms with E-state index >= 15 is 0 Å². The minimum Gasteiger partial charge on any atom is -0.280 e. The molecule has 0 aliphatic rings. The molecule has 2 aromatic carbocycles. The maximum atomic E-state index is 12.4. The topological polar surface area (TPSA) is 133 Å². The van der Waals surface area contributed by atoms with Gasteiger partial charge in [0.05, 0.1) is 9.82 Å². The van der Waals surface area contributed by atoms with Crippen LogP contribution < -0.4 is 4.72 Å². The van der Waals surface area contributed by atoms with Crippen LogP contribution in [0.5, 0.6) is 0 Å². The third-order valence-corrected chi connectivity index (χ3v) is 4.75. The predicted molar refractivity (Wildman–Crippen MR) is 88.1 cm³/mol. The molecule has 0 aliphatic carbocycles. The molecule has 0 amide bonds. The van der Waals surface area contributed by atoms with Gasteiger partial charge in [-0.15, -0.1) is 5.10 Å². The van der Waals surface area contributed by atoms with E-state index in [1.165, 1.54) is 16.8 Å². The van der Waals surface area contributed by atoms with E-state index in [2.05, 4.69) is 20.2 Å². The Morgan fingerprint density at radius 1 is 1.16 bits per heavy atom. The van der Waals surface area contributed by atoms with Gasteiger partial charge in [0.25, 0.3) is 15.7 Å². The van der Waals surface area contributed by atoms with Crippen molar-refractivity contribution in [1.82, 2.24) is 20.2 Å². The highest BCUT2D eigenvalue weighted by atomic mass is 32.2. The lowest BCUT2D eigenvalue weighted by atomic mass is 10.2. The van der Waals surface area contributed by atoms with Gasteiger partial charge in [0.1, 0.15) is 0 Å². The highest BCUT2D eigenvalue weighted by Crippen LogP contribution is 2.23. The Hall–Kier alpha value is -3.34. The molecule has 0 fully saturated rings. The SMILES string of the molecule is Cn1nnnc1-c1cccc(NS(=O)(=O)c2ccc([N+](=O)[O-])cc2)c1. The van der Waals surface area contributed by atoms with Crippen molar-refractivity contribution in [1.29, 1.82) is 0 Å². The summed E-state index contributed by atoms with van der Waals surface area (Å²) in [6, 6.07) is 11.2. The molecule has 25 heavy (non-hydrogen) atoms. The fourth-order valence-electron chi connectivity index (χ4n) is 2.16. The zero-order valence-corrected chi connectivity index (χ0v) is 13.7. The molecule has 1 aromatic heterocycles. The molecule has 0 saturated heterocycles. The van der Waals surface area contributed by atoms with Crippen LogP contribution >= 0.6 is 0 Å². The molecular weight excluding hydrogens is 348 g/mol. The fraction of sp³-hybridized carbons (Fsp3) is 0.0714. The molecule has 0 saturated carbocycles. The van der Waals surface area contributed by atoms with Gasteiger partial charge < -0.3 is 0 Å². The van der Waals surface area contributed by atoms with E-state index in [1.54, 1.807) is 31.3 Å². The largest absolute Gasteiger partial charge is 0.280 e. The highest BCUT2D eigenvalue weighted by Gasteiger charge is 2.16. The van der Waals surface area contributed by atoms with E-state index in [-0.39, 0.29) is 10.6 Å². The number of sulfonamides is 1. The summed E-state index contributed by atoms with van der Waals surface area (Å²) in [5, 5.41) is 21.8. The van der Waals surface area contributed by atoms with Gasteiger partial charge in [-0.1, -0.05) is 12.1 Å². The smallest absolute Gasteiger partial charge is 0.269 e. The first kappa shape index (κ1) is 16.5. The molecule has 0 bridgehead atoms. The summed E-state index contributed by atoms with van der Waals surface area (Å²) in [6.07, 6.45) is 0. The monoisotopic (exact) mass is 360 g/mol. The minimum atomic E-state index is -3.88. The van der Waals surface area contributed by atoms with Crippen LogP contribution in [0.2, 0.25) is 0 Å². The van der Waals surface area contributed by atoms with Gasteiger partial charge in [0.15, 0.2) is 5.82 Å². The first-order valence-corrected chi connectivity index (χ1v) is 8.45. The van der Waals surface area contributed by atoms with Crippen molar-refractivity contribution in [2.75, 3.05) is 4.72 Å². The van der Waals surface area contributed by atoms with Crippen molar-refractivity contribution in [2.24, 2.45) is 7.05 Å². The Morgan fingerprint density at radius 3 is 2.48 bits per heavy atom. The molecule has 3 aromatic rings. The number of nitrogens with one attached hydrogen (secondary N) is 1.